The van der Waals surface area contributed by atoms with Crippen LogP contribution in [-0.4, -0.2) is 33.7 Å². The molecule has 30 heavy (non-hydrogen) atoms. The molecule has 1 aliphatic rings. The molecule has 0 radical (unpaired) electrons. The highest BCUT2D eigenvalue weighted by Crippen LogP contribution is 2.18. The molecule has 0 spiro atoms. The Balaban J connectivity index is 1.41. The van der Waals surface area contributed by atoms with E-state index in [1.807, 2.05) is 6.07 Å². The summed E-state index contributed by atoms with van der Waals surface area (Å²) in [6, 6.07) is 15.5. The summed E-state index contributed by atoms with van der Waals surface area (Å²) >= 11 is 0. The predicted molar refractivity (Wildman–Crippen MR) is 118 cm³/mol. The summed E-state index contributed by atoms with van der Waals surface area (Å²) in [7, 11) is 1.56. The van der Waals surface area contributed by atoms with E-state index in [2.05, 4.69) is 46.5 Å². The van der Waals surface area contributed by atoms with Crippen molar-refractivity contribution in [2.75, 3.05) is 13.1 Å². The van der Waals surface area contributed by atoms with Crippen molar-refractivity contribution in [3.05, 3.63) is 75.7 Å². The first-order valence-electron chi connectivity index (χ1n) is 10.6. The fourth-order valence-electron chi connectivity index (χ4n) is 4.18. The van der Waals surface area contributed by atoms with Gasteiger partial charge in [0.15, 0.2) is 5.69 Å². The zero-order valence-electron chi connectivity index (χ0n) is 17.6. The van der Waals surface area contributed by atoms with Crippen molar-refractivity contribution in [2.45, 2.75) is 32.9 Å². The normalized spacial score (nSPS) is 17.2. The molecule has 1 fully saturated rings. The zero-order chi connectivity index (χ0) is 21.1. The molecule has 0 bridgehead atoms. The van der Waals surface area contributed by atoms with E-state index in [9.17, 15) is 9.59 Å². The second kappa shape index (κ2) is 8.79. The van der Waals surface area contributed by atoms with Gasteiger partial charge in [-0.3, -0.25) is 14.5 Å². The first-order valence-corrected chi connectivity index (χ1v) is 10.6. The van der Waals surface area contributed by atoms with Crippen LogP contribution in [0.15, 0.2) is 53.3 Å². The third kappa shape index (κ3) is 4.44. The van der Waals surface area contributed by atoms with E-state index < -0.39 is 0 Å². The molecule has 4 rings (SSSR count). The number of hydrogen-bond donors (Lipinski definition) is 1. The fraction of sp³-hybridized carbons (Fsp3) is 0.375. The quantitative estimate of drug-likeness (QED) is 0.710. The van der Waals surface area contributed by atoms with E-state index >= 15 is 0 Å². The first-order chi connectivity index (χ1) is 14.5. The van der Waals surface area contributed by atoms with Crippen molar-refractivity contribution >= 4 is 16.7 Å². The lowest BCUT2D eigenvalue weighted by Gasteiger charge is -2.30. The van der Waals surface area contributed by atoms with Crippen molar-refractivity contribution in [1.82, 2.24) is 20.0 Å². The highest BCUT2D eigenvalue weighted by atomic mass is 16.2. The molecule has 1 N–H and O–H groups in total. The van der Waals surface area contributed by atoms with Gasteiger partial charge in [-0.15, -0.1) is 0 Å². The minimum Gasteiger partial charge on any atom is -0.347 e. The number of piperidine rings is 1. The number of rotatable bonds is 5. The van der Waals surface area contributed by atoms with Gasteiger partial charge < -0.3 is 5.32 Å². The second-order valence-electron chi connectivity index (χ2n) is 8.30. The molecule has 2 heterocycles. The van der Waals surface area contributed by atoms with Gasteiger partial charge in [-0.25, -0.2) is 4.68 Å². The van der Waals surface area contributed by atoms with Crippen LogP contribution in [0.4, 0.5) is 0 Å². The fourth-order valence-corrected chi connectivity index (χ4v) is 4.18. The topological polar surface area (TPSA) is 67.2 Å². The average Bonchev–Trinajstić information content (AvgIpc) is 2.75. The number of carbonyl (C=O) groups is 1. The standard InChI is InChI=1S/C24H28N4O2/c1-17-6-5-13-28(15-17)16-19-11-9-18(10-12-19)14-25-23(29)22-20-7-3-4-8-21(20)24(30)27(2)26-22/h3-4,7-12,17H,5-6,13-16H2,1-2H3,(H,25,29). The smallest absolute Gasteiger partial charge is 0.274 e. The highest BCUT2D eigenvalue weighted by molar-refractivity contribution is 6.04. The van der Waals surface area contributed by atoms with E-state index in [-0.39, 0.29) is 17.2 Å². The monoisotopic (exact) mass is 404 g/mol. The molecule has 156 valence electrons. The number of hydrogen-bond acceptors (Lipinski definition) is 4. The highest BCUT2D eigenvalue weighted by Gasteiger charge is 2.17. The molecule has 0 aliphatic carbocycles. The van der Waals surface area contributed by atoms with Gasteiger partial charge in [0.25, 0.3) is 11.5 Å². The van der Waals surface area contributed by atoms with Gasteiger partial charge in [0.2, 0.25) is 0 Å². The number of nitrogens with zero attached hydrogens (tertiary/aromatic N) is 3. The Hall–Kier alpha value is -2.99. The average molecular weight is 405 g/mol. The number of aromatic nitrogens is 2. The summed E-state index contributed by atoms with van der Waals surface area (Å²) in [5, 5.41) is 8.19. The third-order valence-corrected chi connectivity index (χ3v) is 5.79. The minimum atomic E-state index is -0.284. The van der Waals surface area contributed by atoms with Crippen LogP contribution in [0.3, 0.4) is 0 Å². The number of aryl methyl sites for hydroxylation is 1. The summed E-state index contributed by atoms with van der Waals surface area (Å²) in [6.07, 6.45) is 2.61. The maximum atomic E-state index is 12.8. The van der Waals surface area contributed by atoms with Crippen molar-refractivity contribution in [3.63, 3.8) is 0 Å². The van der Waals surface area contributed by atoms with Crippen LogP contribution >= 0.6 is 0 Å². The minimum absolute atomic E-state index is 0.208. The number of amides is 1. The van der Waals surface area contributed by atoms with Crippen LogP contribution in [-0.2, 0) is 20.1 Å². The molecule has 6 nitrogen and oxygen atoms in total. The molecular weight excluding hydrogens is 376 g/mol. The Morgan fingerprint density at radius 3 is 2.53 bits per heavy atom. The van der Waals surface area contributed by atoms with Crippen molar-refractivity contribution in [1.29, 1.82) is 0 Å². The lowest BCUT2D eigenvalue weighted by atomic mass is 9.99. The molecule has 1 aromatic heterocycles. The Morgan fingerprint density at radius 1 is 1.10 bits per heavy atom. The maximum absolute atomic E-state index is 12.8. The van der Waals surface area contributed by atoms with Gasteiger partial charge >= 0.3 is 0 Å². The molecule has 0 saturated carbocycles. The van der Waals surface area contributed by atoms with Gasteiger partial charge in [-0.2, -0.15) is 5.10 Å². The third-order valence-electron chi connectivity index (χ3n) is 5.79. The lowest BCUT2D eigenvalue weighted by molar-refractivity contribution is 0.0945. The number of fused-ring (bicyclic) bond motifs is 1. The van der Waals surface area contributed by atoms with Crippen LogP contribution < -0.4 is 10.9 Å². The molecule has 6 heteroatoms. The zero-order valence-corrected chi connectivity index (χ0v) is 17.6. The van der Waals surface area contributed by atoms with E-state index in [0.717, 1.165) is 18.0 Å². The molecule has 1 atom stereocenters. The SMILES string of the molecule is CC1CCCN(Cc2ccc(CNC(=O)c3nn(C)c(=O)c4ccccc34)cc2)C1. The first kappa shape index (κ1) is 20.3. The van der Waals surface area contributed by atoms with Gasteiger partial charge in [0, 0.05) is 32.1 Å². The summed E-state index contributed by atoms with van der Waals surface area (Å²) in [5.74, 6) is 0.489. The summed E-state index contributed by atoms with van der Waals surface area (Å²) < 4.78 is 1.22. The van der Waals surface area contributed by atoms with Crippen LogP contribution in [0.1, 0.15) is 41.4 Å². The van der Waals surface area contributed by atoms with Gasteiger partial charge in [0.05, 0.1) is 5.39 Å². The van der Waals surface area contributed by atoms with Gasteiger partial charge in [-0.1, -0.05) is 49.4 Å². The maximum Gasteiger partial charge on any atom is 0.274 e. The number of carbonyl (C=O) groups excluding carboxylic acids is 1. The van der Waals surface area contributed by atoms with Gasteiger partial charge in [-0.05, 0) is 42.5 Å². The lowest BCUT2D eigenvalue weighted by Crippen LogP contribution is -2.33. The van der Waals surface area contributed by atoms with Crippen molar-refractivity contribution in [2.24, 2.45) is 13.0 Å². The number of likely N-dealkylation sites (tertiary alicyclic amines) is 1. The number of nitrogens with one attached hydrogen (secondary N) is 1. The molecule has 2 aromatic carbocycles. The van der Waals surface area contributed by atoms with Crippen LogP contribution in [0.25, 0.3) is 10.8 Å². The summed E-state index contributed by atoms with van der Waals surface area (Å²) in [5.41, 5.74) is 2.39. The van der Waals surface area contributed by atoms with E-state index in [0.29, 0.717) is 17.3 Å². The molecule has 1 unspecified atom stereocenters. The van der Waals surface area contributed by atoms with E-state index in [4.69, 9.17) is 0 Å². The Bertz CT molecular complexity index is 1100. The van der Waals surface area contributed by atoms with E-state index in [1.54, 1.807) is 25.2 Å². The largest absolute Gasteiger partial charge is 0.347 e. The van der Waals surface area contributed by atoms with Crippen LogP contribution in [0.2, 0.25) is 0 Å². The van der Waals surface area contributed by atoms with Crippen LogP contribution in [0.5, 0.6) is 0 Å². The van der Waals surface area contributed by atoms with Crippen molar-refractivity contribution < 1.29 is 4.79 Å². The molecular formula is C24H28N4O2. The summed E-state index contributed by atoms with van der Waals surface area (Å²) in [4.78, 5) is 27.5. The molecule has 1 saturated heterocycles. The second-order valence-corrected chi connectivity index (χ2v) is 8.30. The molecule has 3 aromatic rings. The van der Waals surface area contributed by atoms with Gasteiger partial charge in [0.1, 0.15) is 0 Å². The van der Waals surface area contributed by atoms with Crippen molar-refractivity contribution in [3.8, 4) is 0 Å². The summed E-state index contributed by atoms with van der Waals surface area (Å²) in [6.45, 7) is 6.05. The van der Waals surface area contributed by atoms with Crippen LogP contribution in [0, 0.1) is 5.92 Å². The molecule has 1 aliphatic heterocycles. The van der Waals surface area contributed by atoms with E-state index in [1.165, 1.54) is 36.2 Å². The Kier molecular flexibility index (Phi) is 5.95. The Labute approximate surface area is 176 Å². The Morgan fingerprint density at radius 2 is 1.80 bits per heavy atom. The predicted octanol–water partition coefficient (Wildman–Crippen LogP) is 3.10. The number of benzene rings is 2. The molecule has 1 amide bonds.